The van der Waals surface area contributed by atoms with Crippen molar-refractivity contribution in [3.63, 3.8) is 0 Å². The molecular weight excluding hydrogens is 247 g/mol. The Morgan fingerprint density at radius 2 is 2.12 bits per heavy atom. The van der Waals surface area contributed by atoms with Gasteiger partial charge in [0.2, 0.25) is 0 Å². The number of halogens is 2. The van der Waals surface area contributed by atoms with E-state index in [1.165, 1.54) is 7.11 Å². The van der Waals surface area contributed by atoms with Gasteiger partial charge in [-0.3, -0.25) is 4.98 Å². The molecule has 80 valence electrons. The zero-order chi connectivity index (χ0) is 11.7. The number of benzene rings is 1. The van der Waals surface area contributed by atoms with Crippen LogP contribution in [0.4, 0.5) is 0 Å². The van der Waals surface area contributed by atoms with Gasteiger partial charge < -0.3 is 4.74 Å². The first kappa shape index (κ1) is 11.0. The standard InChI is InChI=1S/C11H6Cl2N2O/c1-16-11-7(5-14)9(13)8(12)6-3-2-4-15-10(6)11/h2-4H,1H3. The zero-order valence-corrected chi connectivity index (χ0v) is 9.80. The Balaban J connectivity index is 3.02. The van der Waals surface area contributed by atoms with E-state index in [0.29, 0.717) is 21.7 Å². The molecule has 0 amide bonds. The number of fused-ring (bicyclic) bond motifs is 1. The molecule has 16 heavy (non-hydrogen) atoms. The molecule has 2 aromatic rings. The minimum Gasteiger partial charge on any atom is -0.493 e. The van der Waals surface area contributed by atoms with E-state index in [2.05, 4.69) is 4.98 Å². The molecule has 5 heteroatoms. The van der Waals surface area contributed by atoms with E-state index in [1.807, 2.05) is 6.07 Å². The average molecular weight is 253 g/mol. The molecule has 0 aliphatic carbocycles. The summed E-state index contributed by atoms with van der Waals surface area (Å²) in [5, 5.41) is 10.2. The minimum absolute atomic E-state index is 0.196. The summed E-state index contributed by atoms with van der Waals surface area (Å²) >= 11 is 12.1. The fourth-order valence-electron chi connectivity index (χ4n) is 1.51. The predicted molar refractivity (Wildman–Crippen MR) is 63.0 cm³/mol. The lowest BCUT2D eigenvalue weighted by molar-refractivity contribution is 0.417. The molecule has 1 heterocycles. The van der Waals surface area contributed by atoms with E-state index in [0.717, 1.165) is 0 Å². The van der Waals surface area contributed by atoms with Crippen LogP contribution in [-0.4, -0.2) is 12.1 Å². The van der Waals surface area contributed by atoms with Gasteiger partial charge in [-0.2, -0.15) is 5.26 Å². The molecule has 1 aromatic carbocycles. The van der Waals surface area contributed by atoms with Crippen LogP contribution in [0.25, 0.3) is 10.9 Å². The summed E-state index contributed by atoms with van der Waals surface area (Å²) in [5.41, 5.74) is 0.747. The molecule has 3 nitrogen and oxygen atoms in total. The number of hydrogen-bond donors (Lipinski definition) is 0. The van der Waals surface area contributed by atoms with Gasteiger partial charge in [0.05, 0.1) is 17.2 Å². The summed E-state index contributed by atoms with van der Waals surface area (Å²) in [6.45, 7) is 0. The third-order valence-electron chi connectivity index (χ3n) is 2.21. The SMILES string of the molecule is COc1c(C#N)c(Cl)c(Cl)c2cccnc12. The van der Waals surface area contributed by atoms with E-state index in [4.69, 9.17) is 33.2 Å². The summed E-state index contributed by atoms with van der Waals surface area (Å²) in [4.78, 5) is 4.14. The van der Waals surface area contributed by atoms with Crippen molar-refractivity contribution in [2.45, 2.75) is 0 Å². The van der Waals surface area contributed by atoms with Gasteiger partial charge in [0.25, 0.3) is 0 Å². The Labute approximate surface area is 102 Å². The van der Waals surface area contributed by atoms with Crippen molar-refractivity contribution in [3.8, 4) is 11.8 Å². The highest BCUT2D eigenvalue weighted by Gasteiger charge is 2.18. The Morgan fingerprint density at radius 3 is 2.75 bits per heavy atom. The molecule has 0 unspecified atom stereocenters. The monoisotopic (exact) mass is 252 g/mol. The van der Waals surface area contributed by atoms with Crippen LogP contribution < -0.4 is 4.74 Å². The highest BCUT2D eigenvalue weighted by molar-refractivity contribution is 6.46. The summed E-state index contributed by atoms with van der Waals surface area (Å²) in [5.74, 6) is 0.354. The minimum atomic E-state index is 0.196. The topological polar surface area (TPSA) is 45.9 Å². The lowest BCUT2D eigenvalue weighted by Gasteiger charge is -2.10. The zero-order valence-electron chi connectivity index (χ0n) is 8.29. The molecule has 0 radical (unpaired) electrons. The Kier molecular flexibility index (Phi) is 2.86. The summed E-state index contributed by atoms with van der Waals surface area (Å²) in [6.07, 6.45) is 1.61. The maximum atomic E-state index is 9.01. The quantitative estimate of drug-likeness (QED) is 0.782. The molecule has 1 aromatic heterocycles. The van der Waals surface area contributed by atoms with Gasteiger partial charge in [0.15, 0.2) is 5.75 Å². The molecular formula is C11H6Cl2N2O. The predicted octanol–water partition coefficient (Wildman–Crippen LogP) is 3.42. The van der Waals surface area contributed by atoms with E-state index in [9.17, 15) is 0 Å². The first-order chi connectivity index (χ1) is 7.70. The Bertz CT molecular complexity index is 605. The number of methoxy groups -OCH3 is 1. The number of rotatable bonds is 1. The van der Waals surface area contributed by atoms with Crippen LogP contribution in [0.1, 0.15) is 5.56 Å². The van der Waals surface area contributed by atoms with Gasteiger partial charge in [-0.25, -0.2) is 0 Å². The molecule has 0 bridgehead atoms. The van der Waals surface area contributed by atoms with Gasteiger partial charge >= 0.3 is 0 Å². The second kappa shape index (κ2) is 4.17. The van der Waals surface area contributed by atoms with Crippen molar-refractivity contribution < 1.29 is 4.74 Å². The maximum absolute atomic E-state index is 9.01. The smallest absolute Gasteiger partial charge is 0.164 e. The Morgan fingerprint density at radius 1 is 1.38 bits per heavy atom. The molecule has 0 atom stereocenters. The van der Waals surface area contributed by atoms with Crippen molar-refractivity contribution in [3.05, 3.63) is 33.9 Å². The lowest BCUT2D eigenvalue weighted by atomic mass is 10.1. The molecule has 0 spiro atoms. The summed E-state index contributed by atoms with van der Waals surface area (Å²) < 4.78 is 5.16. The molecule has 0 fully saturated rings. The number of pyridine rings is 1. The highest BCUT2D eigenvalue weighted by Crippen LogP contribution is 2.40. The normalized spacial score (nSPS) is 10.1. The molecule has 0 aliphatic heterocycles. The van der Waals surface area contributed by atoms with Crippen LogP contribution in [0.5, 0.6) is 5.75 Å². The number of ether oxygens (including phenoxy) is 1. The second-order valence-electron chi connectivity index (χ2n) is 3.05. The molecule has 0 saturated carbocycles. The highest BCUT2D eigenvalue weighted by atomic mass is 35.5. The van der Waals surface area contributed by atoms with Crippen molar-refractivity contribution in [2.75, 3.05) is 7.11 Å². The van der Waals surface area contributed by atoms with Gasteiger partial charge in [-0.1, -0.05) is 23.2 Å². The summed E-state index contributed by atoms with van der Waals surface area (Å²) in [6, 6.07) is 5.49. The Hall–Kier alpha value is -1.50. The molecule has 0 N–H and O–H groups in total. The number of nitriles is 1. The van der Waals surface area contributed by atoms with Crippen LogP contribution in [0.2, 0.25) is 10.0 Å². The van der Waals surface area contributed by atoms with Gasteiger partial charge in [-0.15, -0.1) is 0 Å². The van der Waals surface area contributed by atoms with Crippen molar-refractivity contribution in [1.29, 1.82) is 5.26 Å². The van der Waals surface area contributed by atoms with E-state index in [-0.39, 0.29) is 10.6 Å². The van der Waals surface area contributed by atoms with Crippen LogP contribution in [0.3, 0.4) is 0 Å². The van der Waals surface area contributed by atoms with Gasteiger partial charge in [-0.05, 0) is 12.1 Å². The first-order valence-corrected chi connectivity index (χ1v) is 5.16. The van der Waals surface area contributed by atoms with E-state index >= 15 is 0 Å². The fraction of sp³-hybridized carbons (Fsp3) is 0.0909. The van der Waals surface area contributed by atoms with Crippen LogP contribution in [0.15, 0.2) is 18.3 Å². The van der Waals surface area contributed by atoms with Crippen LogP contribution in [-0.2, 0) is 0 Å². The summed E-state index contributed by atoms with van der Waals surface area (Å²) in [7, 11) is 1.47. The maximum Gasteiger partial charge on any atom is 0.164 e. The fourth-order valence-corrected chi connectivity index (χ4v) is 1.98. The van der Waals surface area contributed by atoms with Crippen molar-refractivity contribution in [1.82, 2.24) is 4.98 Å². The van der Waals surface area contributed by atoms with E-state index in [1.54, 1.807) is 18.3 Å². The van der Waals surface area contributed by atoms with Gasteiger partial charge in [0, 0.05) is 11.6 Å². The lowest BCUT2D eigenvalue weighted by Crippen LogP contribution is -1.94. The third-order valence-corrected chi connectivity index (χ3v) is 3.08. The molecule has 0 saturated heterocycles. The number of aromatic nitrogens is 1. The van der Waals surface area contributed by atoms with Crippen LogP contribution in [0, 0.1) is 11.3 Å². The first-order valence-electron chi connectivity index (χ1n) is 4.40. The number of hydrogen-bond acceptors (Lipinski definition) is 3. The largest absolute Gasteiger partial charge is 0.493 e. The van der Waals surface area contributed by atoms with E-state index < -0.39 is 0 Å². The van der Waals surface area contributed by atoms with Gasteiger partial charge in [0.1, 0.15) is 17.1 Å². The average Bonchev–Trinajstić information content (AvgIpc) is 2.33. The molecule has 2 rings (SSSR count). The van der Waals surface area contributed by atoms with Crippen molar-refractivity contribution >= 4 is 34.1 Å². The second-order valence-corrected chi connectivity index (χ2v) is 3.80. The third kappa shape index (κ3) is 1.47. The van der Waals surface area contributed by atoms with Crippen molar-refractivity contribution in [2.24, 2.45) is 0 Å². The van der Waals surface area contributed by atoms with Crippen LogP contribution >= 0.6 is 23.2 Å². The molecule has 0 aliphatic rings. The number of nitrogens with zero attached hydrogens (tertiary/aromatic N) is 2.